The topological polar surface area (TPSA) is 50.8 Å². The maximum absolute atomic E-state index is 12.3. The Hall–Kier alpha value is -1.59. The first-order valence-electron chi connectivity index (χ1n) is 8.52. The van der Waals surface area contributed by atoms with Crippen molar-refractivity contribution in [2.45, 2.75) is 31.7 Å². The standard InChI is InChI=1S/C18H26N2O3/c1-22-15-5-6-16-14(13-15)3-2-4-17(16)19-18(21)7-8-20-9-11-23-12-10-20/h5-6,13,17H,2-4,7-12H2,1H3,(H,19,21). The van der Waals surface area contributed by atoms with Gasteiger partial charge in [-0.1, -0.05) is 6.07 Å². The molecule has 5 heteroatoms. The number of nitrogens with one attached hydrogen (secondary N) is 1. The quantitative estimate of drug-likeness (QED) is 0.901. The largest absolute Gasteiger partial charge is 0.497 e. The van der Waals surface area contributed by atoms with E-state index in [0.29, 0.717) is 6.42 Å². The third-order valence-corrected chi connectivity index (χ3v) is 4.76. The summed E-state index contributed by atoms with van der Waals surface area (Å²) in [6, 6.07) is 6.32. The van der Waals surface area contributed by atoms with Gasteiger partial charge in [-0.05, 0) is 42.5 Å². The maximum Gasteiger partial charge on any atom is 0.221 e. The van der Waals surface area contributed by atoms with Gasteiger partial charge in [0.15, 0.2) is 0 Å². The van der Waals surface area contributed by atoms with Crippen LogP contribution in [0, 0.1) is 0 Å². The number of methoxy groups -OCH3 is 1. The van der Waals surface area contributed by atoms with Crippen LogP contribution >= 0.6 is 0 Å². The van der Waals surface area contributed by atoms with Crippen LogP contribution in [0.4, 0.5) is 0 Å². The molecule has 1 saturated heterocycles. The molecule has 1 heterocycles. The molecule has 0 radical (unpaired) electrons. The summed E-state index contributed by atoms with van der Waals surface area (Å²) in [6.45, 7) is 4.23. The van der Waals surface area contributed by atoms with E-state index >= 15 is 0 Å². The highest BCUT2D eigenvalue weighted by Gasteiger charge is 2.22. The van der Waals surface area contributed by atoms with Gasteiger partial charge in [-0.15, -0.1) is 0 Å². The van der Waals surface area contributed by atoms with Crippen molar-refractivity contribution in [2.24, 2.45) is 0 Å². The average molecular weight is 318 g/mol. The van der Waals surface area contributed by atoms with Gasteiger partial charge < -0.3 is 14.8 Å². The molecule has 1 aliphatic carbocycles. The van der Waals surface area contributed by atoms with Crippen LogP contribution in [0.2, 0.25) is 0 Å². The number of benzene rings is 1. The zero-order valence-electron chi connectivity index (χ0n) is 13.8. The van der Waals surface area contributed by atoms with Crippen molar-refractivity contribution in [1.29, 1.82) is 0 Å². The van der Waals surface area contributed by atoms with Crippen molar-refractivity contribution in [3.8, 4) is 5.75 Å². The van der Waals surface area contributed by atoms with Crippen LogP contribution in [0.3, 0.4) is 0 Å². The molecule has 1 amide bonds. The van der Waals surface area contributed by atoms with Crippen molar-refractivity contribution in [3.05, 3.63) is 29.3 Å². The van der Waals surface area contributed by atoms with E-state index in [1.807, 2.05) is 6.07 Å². The third kappa shape index (κ3) is 4.24. The van der Waals surface area contributed by atoms with Gasteiger partial charge in [-0.2, -0.15) is 0 Å². The molecule has 1 aromatic carbocycles. The zero-order chi connectivity index (χ0) is 16.1. The molecule has 0 spiro atoms. The van der Waals surface area contributed by atoms with Crippen LogP contribution < -0.4 is 10.1 Å². The minimum atomic E-state index is 0.141. The van der Waals surface area contributed by atoms with Crippen LogP contribution in [-0.2, 0) is 16.0 Å². The van der Waals surface area contributed by atoms with E-state index in [9.17, 15) is 4.79 Å². The lowest BCUT2D eigenvalue weighted by Gasteiger charge is -2.28. The fourth-order valence-electron chi connectivity index (χ4n) is 3.42. The highest BCUT2D eigenvalue weighted by molar-refractivity contribution is 5.76. The molecule has 2 aliphatic rings. The molecule has 0 aromatic heterocycles. The molecule has 1 N–H and O–H groups in total. The minimum absolute atomic E-state index is 0.141. The first-order chi connectivity index (χ1) is 11.3. The number of rotatable bonds is 5. The Bertz CT molecular complexity index is 541. The molecule has 1 atom stereocenters. The number of carbonyl (C=O) groups is 1. The Labute approximate surface area is 137 Å². The third-order valence-electron chi connectivity index (χ3n) is 4.76. The summed E-state index contributed by atoms with van der Waals surface area (Å²) >= 11 is 0. The predicted octanol–water partition coefficient (Wildman–Crippen LogP) is 1.91. The highest BCUT2D eigenvalue weighted by atomic mass is 16.5. The number of fused-ring (bicyclic) bond motifs is 1. The van der Waals surface area contributed by atoms with Gasteiger partial charge in [0.05, 0.1) is 26.4 Å². The van der Waals surface area contributed by atoms with E-state index in [-0.39, 0.29) is 11.9 Å². The van der Waals surface area contributed by atoms with Gasteiger partial charge in [0.2, 0.25) is 5.91 Å². The molecule has 23 heavy (non-hydrogen) atoms. The van der Waals surface area contributed by atoms with Crippen molar-refractivity contribution >= 4 is 5.91 Å². The van der Waals surface area contributed by atoms with Crippen molar-refractivity contribution in [2.75, 3.05) is 40.0 Å². The van der Waals surface area contributed by atoms with Gasteiger partial charge >= 0.3 is 0 Å². The fourth-order valence-corrected chi connectivity index (χ4v) is 3.42. The Morgan fingerprint density at radius 2 is 2.22 bits per heavy atom. The number of hydrogen-bond acceptors (Lipinski definition) is 4. The SMILES string of the molecule is COc1ccc2c(c1)CCCC2NC(=O)CCN1CCOCC1. The lowest BCUT2D eigenvalue weighted by atomic mass is 9.87. The second-order valence-corrected chi connectivity index (χ2v) is 6.28. The number of hydrogen-bond donors (Lipinski definition) is 1. The molecule has 1 aliphatic heterocycles. The number of morpholine rings is 1. The predicted molar refractivity (Wildman–Crippen MR) is 88.7 cm³/mol. The molecule has 5 nitrogen and oxygen atoms in total. The summed E-state index contributed by atoms with van der Waals surface area (Å²) in [6.07, 6.45) is 3.74. The Balaban J connectivity index is 1.55. The van der Waals surface area contributed by atoms with Gasteiger partial charge in [0.1, 0.15) is 5.75 Å². The van der Waals surface area contributed by atoms with E-state index in [1.165, 1.54) is 11.1 Å². The molecule has 3 rings (SSSR count). The summed E-state index contributed by atoms with van der Waals surface area (Å²) in [5, 5.41) is 3.21. The van der Waals surface area contributed by atoms with Crippen LogP contribution in [-0.4, -0.2) is 50.8 Å². The fraction of sp³-hybridized carbons (Fsp3) is 0.611. The smallest absolute Gasteiger partial charge is 0.221 e. The lowest BCUT2D eigenvalue weighted by molar-refractivity contribution is -0.122. The summed E-state index contributed by atoms with van der Waals surface area (Å²) in [4.78, 5) is 14.6. The molecule has 1 aromatic rings. The van der Waals surface area contributed by atoms with E-state index in [1.54, 1.807) is 7.11 Å². The molecular formula is C18H26N2O3. The summed E-state index contributed by atoms with van der Waals surface area (Å²) in [5.41, 5.74) is 2.55. The molecule has 1 fully saturated rings. The van der Waals surface area contributed by atoms with E-state index in [2.05, 4.69) is 22.3 Å². The summed E-state index contributed by atoms with van der Waals surface area (Å²) < 4.78 is 10.6. The Kier molecular flexibility index (Phi) is 5.51. The number of amides is 1. The monoisotopic (exact) mass is 318 g/mol. The zero-order valence-corrected chi connectivity index (χ0v) is 13.8. The number of nitrogens with zero attached hydrogens (tertiary/aromatic N) is 1. The second-order valence-electron chi connectivity index (χ2n) is 6.28. The normalized spacial score (nSPS) is 21.5. The summed E-state index contributed by atoms with van der Waals surface area (Å²) in [7, 11) is 1.69. The Morgan fingerprint density at radius 1 is 1.39 bits per heavy atom. The molecule has 0 saturated carbocycles. The van der Waals surface area contributed by atoms with Crippen molar-refractivity contribution in [1.82, 2.24) is 10.2 Å². The number of aryl methyl sites for hydroxylation is 1. The van der Waals surface area contributed by atoms with Gasteiger partial charge in [-0.3, -0.25) is 9.69 Å². The summed E-state index contributed by atoms with van der Waals surface area (Å²) in [5.74, 6) is 1.04. The average Bonchev–Trinajstić information content (AvgIpc) is 2.60. The van der Waals surface area contributed by atoms with Gasteiger partial charge in [0, 0.05) is 26.1 Å². The molecule has 126 valence electrons. The minimum Gasteiger partial charge on any atom is -0.497 e. The van der Waals surface area contributed by atoms with E-state index in [0.717, 1.165) is 57.9 Å². The molecular weight excluding hydrogens is 292 g/mol. The maximum atomic E-state index is 12.3. The van der Waals surface area contributed by atoms with Crippen LogP contribution in [0.5, 0.6) is 5.75 Å². The van der Waals surface area contributed by atoms with Crippen molar-refractivity contribution in [3.63, 3.8) is 0 Å². The van der Waals surface area contributed by atoms with Crippen LogP contribution in [0.1, 0.15) is 36.4 Å². The van der Waals surface area contributed by atoms with E-state index in [4.69, 9.17) is 9.47 Å². The first-order valence-corrected chi connectivity index (χ1v) is 8.52. The second kappa shape index (κ2) is 7.79. The highest BCUT2D eigenvalue weighted by Crippen LogP contribution is 2.32. The molecule has 0 bridgehead atoms. The lowest BCUT2D eigenvalue weighted by Crippen LogP contribution is -2.39. The van der Waals surface area contributed by atoms with Gasteiger partial charge in [-0.25, -0.2) is 0 Å². The van der Waals surface area contributed by atoms with Crippen LogP contribution in [0.25, 0.3) is 0 Å². The van der Waals surface area contributed by atoms with E-state index < -0.39 is 0 Å². The number of ether oxygens (including phenoxy) is 2. The first kappa shape index (κ1) is 16.3. The van der Waals surface area contributed by atoms with Crippen LogP contribution in [0.15, 0.2) is 18.2 Å². The van der Waals surface area contributed by atoms with Crippen molar-refractivity contribution < 1.29 is 14.3 Å². The van der Waals surface area contributed by atoms with Gasteiger partial charge in [0.25, 0.3) is 0 Å². The Morgan fingerprint density at radius 3 is 3.00 bits per heavy atom. The molecule has 1 unspecified atom stereocenters. The number of carbonyl (C=O) groups excluding carboxylic acids is 1.